The highest BCUT2D eigenvalue weighted by atomic mass is 16.5. The highest BCUT2D eigenvalue weighted by Gasteiger charge is 2.54. The summed E-state index contributed by atoms with van der Waals surface area (Å²) in [5.74, 6) is 1.33. The lowest BCUT2D eigenvalue weighted by Gasteiger charge is -2.50. The van der Waals surface area contributed by atoms with E-state index in [9.17, 15) is 4.79 Å². The van der Waals surface area contributed by atoms with E-state index in [0.29, 0.717) is 32.0 Å². The first-order valence-electron chi connectivity index (χ1n) is 8.18. The van der Waals surface area contributed by atoms with E-state index < -0.39 is 0 Å². The van der Waals surface area contributed by atoms with Gasteiger partial charge in [0.25, 0.3) is 0 Å². The van der Waals surface area contributed by atoms with Crippen LogP contribution >= 0.6 is 0 Å². The number of pyridine rings is 1. The van der Waals surface area contributed by atoms with Gasteiger partial charge in [0.05, 0.1) is 25.9 Å². The smallest absolute Gasteiger partial charge is 0.224 e. The van der Waals surface area contributed by atoms with Gasteiger partial charge in [0, 0.05) is 31.7 Å². The highest BCUT2D eigenvalue weighted by Crippen LogP contribution is 2.40. The molecule has 1 amide bonds. The van der Waals surface area contributed by atoms with Crippen molar-refractivity contribution in [2.75, 3.05) is 46.9 Å². The van der Waals surface area contributed by atoms with Crippen molar-refractivity contribution in [3.63, 3.8) is 0 Å². The maximum atomic E-state index is 12.2. The van der Waals surface area contributed by atoms with Crippen molar-refractivity contribution in [3.8, 4) is 5.75 Å². The standard InChI is InChI=1S/C17H25N3O3/c1-19(2)8-5-16(21)20-12-17(13-20)14(6-9-23-17)11-22-15-4-3-7-18-10-15/h3-4,7,10,14H,5-6,8-9,11-13H2,1-2H3/t14-/m1/s1. The summed E-state index contributed by atoms with van der Waals surface area (Å²) in [6.45, 7) is 3.55. The SMILES string of the molecule is CN(C)CCC(=O)N1CC2(C1)OCC[C@@H]2COc1cccnc1. The molecule has 3 heterocycles. The molecule has 0 unspecified atom stereocenters. The zero-order valence-corrected chi connectivity index (χ0v) is 13.9. The second-order valence-electron chi connectivity index (χ2n) is 6.70. The van der Waals surface area contributed by atoms with Crippen LogP contribution in [-0.2, 0) is 9.53 Å². The zero-order chi connectivity index (χ0) is 16.3. The summed E-state index contributed by atoms with van der Waals surface area (Å²) in [5.41, 5.74) is -0.198. The molecule has 126 valence electrons. The first kappa shape index (κ1) is 16.2. The van der Waals surface area contributed by atoms with Gasteiger partial charge >= 0.3 is 0 Å². The van der Waals surface area contributed by atoms with E-state index in [1.165, 1.54) is 0 Å². The molecule has 0 radical (unpaired) electrons. The average molecular weight is 319 g/mol. The summed E-state index contributed by atoms with van der Waals surface area (Å²) in [6.07, 6.45) is 5.01. The third kappa shape index (κ3) is 3.64. The number of nitrogens with zero attached hydrogens (tertiary/aromatic N) is 3. The number of hydrogen-bond donors (Lipinski definition) is 0. The molecule has 2 saturated heterocycles. The lowest BCUT2D eigenvalue weighted by atomic mass is 9.81. The second-order valence-corrected chi connectivity index (χ2v) is 6.70. The van der Waals surface area contributed by atoms with Gasteiger partial charge in [0.2, 0.25) is 5.91 Å². The van der Waals surface area contributed by atoms with E-state index in [-0.39, 0.29) is 11.5 Å². The lowest BCUT2D eigenvalue weighted by molar-refractivity contribution is -0.167. The Morgan fingerprint density at radius 3 is 3.04 bits per heavy atom. The van der Waals surface area contributed by atoms with Crippen molar-refractivity contribution in [2.24, 2.45) is 5.92 Å². The molecule has 2 aliphatic heterocycles. The van der Waals surface area contributed by atoms with Gasteiger partial charge in [-0.05, 0) is 32.6 Å². The summed E-state index contributed by atoms with van der Waals surface area (Å²) < 4.78 is 11.8. The van der Waals surface area contributed by atoms with Crippen molar-refractivity contribution >= 4 is 5.91 Å². The van der Waals surface area contributed by atoms with Gasteiger partial charge in [-0.2, -0.15) is 0 Å². The fraction of sp³-hybridized carbons (Fsp3) is 0.647. The number of carbonyl (C=O) groups is 1. The van der Waals surface area contributed by atoms with E-state index in [1.807, 2.05) is 36.0 Å². The van der Waals surface area contributed by atoms with E-state index >= 15 is 0 Å². The summed E-state index contributed by atoms with van der Waals surface area (Å²) in [5, 5.41) is 0. The predicted octanol–water partition coefficient (Wildman–Crippen LogP) is 1.03. The molecule has 1 aromatic heterocycles. The van der Waals surface area contributed by atoms with Gasteiger partial charge in [0.15, 0.2) is 0 Å². The van der Waals surface area contributed by atoms with Gasteiger partial charge in [0.1, 0.15) is 11.4 Å². The van der Waals surface area contributed by atoms with Crippen LogP contribution in [0.4, 0.5) is 0 Å². The van der Waals surface area contributed by atoms with E-state index in [2.05, 4.69) is 4.98 Å². The molecular weight excluding hydrogens is 294 g/mol. The predicted molar refractivity (Wildman–Crippen MR) is 86.3 cm³/mol. The highest BCUT2D eigenvalue weighted by molar-refractivity contribution is 5.77. The normalized spacial score (nSPS) is 22.4. The fourth-order valence-electron chi connectivity index (χ4n) is 3.25. The van der Waals surface area contributed by atoms with Gasteiger partial charge in [-0.15, -0.1) is 0 Å². The molecular formula is C17H25N3O3. The van der Waals surface area contributed by atoms with Crippen LogP contribution in [0.5, 0.6) is 5.75 Å². The van der Waals surface area contributed by atoms with Crippen molar-refractivity contribution in [2.45, 2.75) is 18.4 Å². The summed E-state index contributed by atoms with van der Waals surface area (Å²) in [6, 6.07) is 3.78. The molecule has 1 atom stereocenters. The Balaban J connectivity index is 1.49. The van der Waals surface area contributed by atoms with Gasteiger partial charge in [-0.3, -0.25) is 9.78 Å². The van der Waals surface area contributed by atoms with Crippen LogP contribution in [-0.4, -0.2) is 73.2 Å². The Bertz CT molecular complexity index is 529. The summed E-state index contributed by atoms with van der Waals surface area (Å²) >= 11 is 0. The fourth-order valence-corrected chi connectivity index (χ4v) is 3.25. The van der Waals surface area contributed by atoms with Crippen LogP contribution in [0.1, 0.15) is 12.8 Å². The van der Waals surface area contributed by atoms with Crippen LogP contribution in [0.2, 0.25) is 0 Å². The van der Waals surface area contributed by atoms with Crippen molar-refractivity contribution in [1.82, 2.24) is 14.8 Å². The van der Waals surface area contributed by atoms with Crippen molar-refractivity contribution in [1.29, 1.82) is 0 Å². The molecule has 2 aliphatic rings. The van der Waals surface area contributed by atoms with Crippen LogP contribution < -0.4 is 4.74 Å². The second kappa shape index (κ2) is 6.84. The molecule has 6 nitrogen and oxygen atoms in total. The minimum atomic E-state index is -0.198. The van der Waals surface area contributed by atoms with Gasteiger partial charge in [-0.25, -0.2) is 0 Å². The Morgan fingerprint density at radius 2 is 2.35 bits per heavy atom. The molecule has 6 heteroatoms. The molecule has 1 aromatic rings. The Morgan fingerprint density at radius 1 is 1.52 bits per heavy atom. The maximum absolute atomic E-state index is 12.2. The number of hydrogen-bond acceptors (Lipinski definition) is 5. The first-order valence-corrected chi connectivity index (χ1v) is 8.18. The van der Waals surface area contributed by atoms with Crippen molar-refractivity contribution in [3.05, 3.63) is 24.5 Å². The number of carbonyl (C=O) groups excluding carboxylic acids is 1. The molecule has 1 spiro atoms. The molecule has 2 fully saturated rings. The Kier molecular flexibility index (Phi) is 4.82. The van der Waals surface area contributed by atoms with Gasteiger partial charge < -0.3 is 19.3 Å². The van der Waals surface area contributed by atoms with Crippen LogP contribution in [0.3, 0.4) is 0 Å². The molecule has 3 rings (SSSR count). The lowest BCUT2D eigenvalue weighted by Crippen LogP contribution is -2.66. The molecule has 0 N–H and O–H groups in total. The van der Waals surface area contributed by atoms with E-state index in [1.54, 1.807) is 12.4 Å². The average Bonchev–Trinajstić information content (AvgIpc) is 2.94. The third-order valence-electron chi connectivity index (χ3n) is 4.73. The third-order valence-corrected chi connectivity index (χ3v) is 4.73. The Hall–Kier alpha value is -1.66. The van der Waals surface area contributed by atoms with Gasteiger partial charge in [-0.1, -0.05) is 0 Å². The minimum absolute atomic E-state index is 0.198. The Labute approximate surface area is 137 Å². The molecule has 0 aromatic carbocycles. The maximum Gasteiger partial charge on any atom is 0.224 e. The number of amides is 1. The summed E-state index contributed by atoms with van der Waals surface area (Å²) in [7, 11) is 3.97. The quantitative estimate of drug-likeness (QED) is 0.784. The topological polar surface area (TPSA) is 54.9 Å². The number of likely N-dealkylation sites (tertiary alicyclic amines) is 1. The van der Waals surface area contributed by atoms with E-state index in [0.717, 1.165) is 25.3 Å². The van der Waals surface area contributed by atoms with Crippen molar-refractivity contribution < 1.29 is 14.3 Å². The van der Waals surface area contributed by atoms with Crippen LogP contribution in [0.25, 0.3) is 0 Å². The minimum Gasteiger partial charge on any atom is -0.492 e. The molecule has 0 saturated carbocycles. The monoisotopic (exact) mass is 319 g/mol. The van der Waals surface area contributed by atoms with E-state index in [4.69, 9.17) is 9.47 Å². The first-order chi connectivity index (χ1) is 11.1. The zero-order valence-electron chi connectivity index (χ0n) is 13.9. The van der Waals surface area contributed by atoms with Crippen LogP contribution in [0.15, 0.2) is 24.5 Å². The number of ether oxygens (including phenoxy) is 2. The number of aromatic nitrogens is 1. The number of rotatable bonds is 6. The molecule has 0 aliphatic carbocycles. The molecule has 23 heavy (non-hydrogen) atoms. The largest absolute Gasteiger partial charge is 0.492 e. The summed E-state index contributed by atoms with van der Waals surface area (Å²) in [4.78, 5) is 20.2. The van der Waals surface area contributed by atoms with Crippen LogP contribution in [0, 0.1) is 5.92 Å². The molecule has 0 bridgehead atoms.